The molecule has 6 rings (SSSR count). The summed E-state index contributed by atoms with van der Waals surface area (Å²) in [6, 6.07) is 10.1. The maximum absolute atomic E-state index is 14.8. The number of rotatable bonds is 4. The molecule has 0 saturated heterocycles. The number of methoxy groups -OCH3 is 1. The molecule has 4 aromatic heterocycles. The summed E-state index contributed by atoms with van der Waals surface area (Å²) in [5, 5.41) is 3.84. The minimum absolute atomic E-state index is 0.000973. The number of halogens is 1. The molecule has 0 spiro atoms. The first-order chi connectivity index (χ1) is 21.2. The van der Waals surface area contributed by atoms with Gasteiger partial charge in [-0.05, 0) is 76.4 Å². The predicted octanol–water partition coefficient (Wildman–Crippen LogP) is 5.92. The Bertz CT molecular complexity index is 1910. The Labute approximate surface area is 254 Å². The molecule has 0 radical (unpaired) electrons. The summed E-state index contributed by atoms with van der Waals surface area (Å²) in [5.74, 6) is -0.293. The Kier molecular flexibility index (Phi) is 7.79. The van der Waals surface area contributed by atoms with Crippen LogP contribution >= 0.6 is 0 Å². The number of nitrogens with zero attached hydrogens (tertiary/aromatic N) is 5. The number of amides is 1. The number of imidazole rings is 1. The van der Waals surface area contributed by atoms with Gasteiger partial charge in [0.05, 0.1) is 53.0 Å². The molecule has 1 N–H and O–H groups in total. The largest absolute Gasteiger partial charge is 0.494 e. The number of aromatic nitrogens is 5. The average Bonchev–Trinajstić information content (AvgIpc) is 3.52. The van der Waals surface area contributed by atoms with Crippen LogP contribution in [0.25, 0.3) is 33.6 Å². The lowest BCUT2D eigenvalue weighted by atomic mass is 10.0. The van der Waals surface area contributed by atoms with Gasteiger partial charge >= 0.3 is 5.97 Å². The Balaban J connectivity index is 1.45. The minimum atomic E-state index is -0.572. The van der Waals surface area contributed by atoms with E-state index in [0.717, 1.165) is 41.5 Å². The van der Waals surface area contributed by atoms with Gasteiger partial charge in [-0.25, -0.2) is 19.2 Å². The fraction of sp³-hybridized carbons (Fsp3) is 0.364. The second-order valence-corrected chi connectivity index (χ2v) is 11.4. The van der Waals surface area contributed by atoms with Crippen LogP contribution in [0.4, 0.5) is 4.39 Å². The third-order valence-electron chi connectivity index (χ3n) is 8.02. The summed E-state index contributed by atoms with van der Waals surface area (Å²) in [6.07, 6.45) is 4.06. The second kappa shape index (κ2) is 11.7. The lowest BCUT2D eigenvalue weighted by Gasteiger charge is -2.17. The molecular weight excluding hydrogens is 563 g/mol. The Morgan fingerprint density at radius 1 is 1.11 bits per heavy atom. The molecule has 0 saturated carbocycles. The third-order valence-corrected chi connectivity index (χ3v) is 8.02. The first-order valence-electron chi connectivity index (χ1n) is 14.9. The molecule has 0 fully saturated rings. The van der Waals surface area contributed by atoms with Crippen molar-refractivity contribution >= 4 is 33.9 Å². The van der Waals surface area contributed by atoms with E-state index >= 15 is 0 Å². The van der Waals surface area contributed by atoms with Gasteiger partial charge in [0.1, 0.15) is 22.7 Å². The normalized spacial score (nSPS) is 15.8. The summed E-state index contributed by atoms with van der Waals surface area (Å²) in [6.45, 7) is 6.12. The first-order valence-corrected chi connectivity index (χ1v) is 14.9. The molecule has 0 unspecified atom stereocenters. The smallest absolute Gasteiger partial charge is 0.338 e. The number of fused-ring (bicyclic) bond motifs is 3. The van der Waals surface area contributed by atoms with Gasteiger partial charge in [0.15, 0.2) is 5.82 Å². The van der Waals surface area contributed by atoms with Gasteiger partial charge in [0.2, 0.25) is 0 Å². The van der Waals surface area contributed by atoms with Crippen LogP contribution in [0.1, 0.15) is 78.2 Å². The molecule has 44 heavy (non-hydrogen) atoms. The van der Waals surface area contributed by atoms with Gasteiger partial charge < -0.3 is 23.9 Å². The Hall–Kier alpha value is -4.80. The molecular formula is C33H35FN6O4. The van der Waals surface area contributed by atoms with Crippen molar-refractivity contribution in [2.75, 3.05) is 7.11 Å². The molecule has 11 heteroatoms. The summed E-state index contributed by atoms with van der Waals surface area (Å²) in [7, 11) is 3.49. The van der Waals surface area contributed by atoms with Crippen molar-refractivity contribution in [2.24, 2.45) is 7.05 Å². The monoisotopic (exact) mass is 598 g/mol. The summed E-state index contributed by atoms with van der Waals surface area (Å²) < 4.78 is 30.0. The average molecular weight is 599 g/mol. The molecule has 5 heterocycles. The van der Waals surface area contributed by atoms with Crippen LogP contribution in [0.15, 0.2) is 42.6 Å². The zero-order valence-electron chi connectivity index (χ0n) is 25.5. The molecule has 5 aromatic rings. The quantitative estimate of drug-likeness (QED) is 0.256. The fourth-order valence-corrected chi connectivity index (χ4v) is 5.88. The van der Waals surface area contributed by atoms with Crippen LogP contribution in [0.2, 0.25) is 0 Å². The molecule has 1 aromatic carbocycles. The van der Waals surface area contributed by atoms with E-state index in [-0.39, 0.29) is 11.7 Å². The molecule has 10 nitrogen and oxygen atoms in total. The zero-order valence-corrected chi connectivity index (χ0v) is 25.5. The van der Waals surface area contributed by atoms with E-state index in [1.165, 1.54) is 12.3 Å². The van der Waals surface area contributed by atoms with Crippen LogP contribution in [-0.2, 0) is 24.8 Å². The molecule has 228 valence electrons. The number of carbonyl (C=O) groups excluding carboxylic acids is 2. The van der Waals surface area contributed by atoms with E-state index in [4.69, 9.17) is 19.4 Å². The Morgan fingerprint density at radius 2 is 1.93 bits per heavy atom. The van der Waals surface area contributed by atoms with Gasteiger partial charge in [-0.15, -0.1) is 0 Å². The van der Waals surface area contributed by atoms with Gasteiger partial charge in [-0.1, -0.05) is 6.42 Å². The highest BCUT2D eigenvalue weighted by molar-refractivity contribution is 5.98. The van der Waals surface area contributed by atoms with E-state index < -0.39 is 23.7 Å². The lowest BCUT2D eigenvalue weighted by Crippen LogP contribution is -2.29. The number of benzene rings is 1. The van der Waals surface area contributed by atoms with Crippen molar-refractivity contribution in [3.05, 3.63) is 70.9 Å². The maximum atomic E-state index is 14.8. The topological polar surface area (TPSA) is 113 Å². The SMILES string of the molecule is COc1cc(C(=O)OC(C)C)cc2nc(-c3cc4ccc5nc4n3CCCCCc3nccc(F)c3C(=O)N[C@@H]5C)n(C)c12. The van der Waals surface area contributed by atoms with Crippen molar-refractivity contribution in [3.63, 3.8) is 0 Å². The number of esters is 1. The minimum Gasteiger partial charge on any atom is -0.494 e. The van der Waals surface area contributed by atoms with Crippen LogP contribution in [0.5, 0.6) is 5.75 Å². The van der Waals surface area contributed by atoms with Crippen molar-refractivity contribution < 1.29 is 23.5 Å². The van der Waals surface area contributed by atoms with Gasteiger partial charge in [-0.2, -0.15) is 0 Å². The van der Waals surface area contributed by atoms with Crippen molar-refractivity contribution in [3.8, 4) is 17.3 Å². The van der Waals surface area contributed by atoms with E-state index in [2.05, 4.69) is 20.9 Å². The fourth-order valence-electron chi connectivity index (χ4n) is 5.88. The summed E-state index contributed by atoms with van der Waals surface area (Å²) in [4.78, 5) is 40.2. The number of aryl methyl sites for hydroxylation is 3. The molecule has 1 atom stereocenters. The second-order valence-electron chi connectivity index (χ2n) is 11.4. The van der Waals surface area contributed by atoms with Crippen LogP contribution < -0.4 is 10.1 Å². The highest BCUT2D eigenvalue weighted by atomic mass is 19.1. The van der Waals surface area contributed by atoms with Crippen LogP contribution in [-0.4, -0.2) is 49.2 Å². The van der Waals surface area contributed by atoms with Crippen LogP contribution in [0, 0.1) is 5.82 Å². The first kappa shape index (κ1) is 29.3. The number of carbonyl (C=O) groups is 2. The molecule has 1 aliphatic rings. The number of hydrogen-bond donors (Lipinski definition) is 1. The molecule has 0 aliphatic carbocycles. The van der Waals surface area contributed by atoms with Gasteiger partial charge in [0, 0.05) is 25.2 Å². The predicted molar refractivity (Wildman–Crippen MR) is 164 cm³/mol. The van der Waals surface area contributed by atoms with Gasteiger partial charge in [-0.3, -0.25) is 9.78 Å². The van der Waals surface area contributed by atoms with Crippen LogP contribution in [0.3, 0.4) is 0 Å². The van der Waals surface area contributed by atoms with Crippen molar-refractivity contribution in [1.82, 2.24) is 29.4 Å². The van der Waals surface area contributed by atoms with Crippen molar-refractivity contribution in [2.45, 2.75) is 65.1 Å². The highest BCUT2D eigenvalue weighted by Crippen LogP contribution is 2.35. The standard InChI is InChI=1S/C33H35FN6O4/c1-18(2)44-33(42)21-15-25-29(27(17-21)43-5)39(4)31(38-25)26-16-20-10-11-23-19(3)36-32(41)28-22(34)12-13-35-24(28)9-7-6-8-14-40(26)30(20)37-23/h10-13,15-19H,6-9,14H2,1-5H3,(H,36,41)/t19-/m1/s1. The van der Waals surface area contributed by atoms with Gasteiger partial charge in [0.25, 0.3) is 5.91 Å². The highest BCUT2D eigenvalue weighted by Gasteiger charge is 2.24. The Morgan fingerprint density at radius 3 is 2.70 bits per heavy atom. The van der Waals surface area contributed by atoms with E-state index in [9.17, 15) is 14.0 Å². The lowest BCUT2D eigenvalue weighted by molar-refractivity contribution is 0.0377. The van der Waals surface area contributed by atoms with E-state index in [0.29, 0.717) is 47.0 Å². The molecule has 1 aliphatic heterocycles. The number of nitrogens with one attached hydrogen (secondary N) is 1. The number of pyridine rings is 2. The zero-order chi connectivity index (χ0) is 31.1. The number of hydrogen-bond acceptors (Lipinski definition) is 7. The molecule has 2 bridgehead atoms. The van der Waals surface area contributed by atoms with Crippen molar-refractivity contribution in [1.29, 1.82) is 0 Å². The summed E-state index contributed by atoms with van der Waals surface area (Å²) in [5.41, 5.74) is 4.49. The van der Waals surface area contributed by atoms with E-state index in [1.54, 1.807) is 33.1 Å². The summed E-state index contributed by atoms with van der Waals surface area (Å²) >= 11 is 0. The van der Waals surface area contributed by atoms with E-state index in [1.807, 2.05) is 30.7 Å². The molecule has 1 amide bonds. The maximum Gasteiger partial charge on any atom is 0.338 e. The third kappa shape index (κ3) is 5.27. The number of ether oxygens (including phenoxy) is 2.